The van der Waals surface area contributed by atoms with Gasteiger partial charge >= 0.3 is 0 Å². The third kappa shape index (κ3) is 4.55. The molecule has 0 unspecified atom stereocenters. The standard InChI is InChI=1S/C10H16BrNOS/c1-3-13-7-6-12(2)8-9-4-5-10(11)14-9/h4-5H,3,6-8H2,1-2H3. The molecule has 0 spiro atoms. The Labute approximate surface area is 98.0 Å². The number of hydrogen-bond donors (Lipinski definition) is 0. The summed E-state index contributed by atoms with van der Waals surface area (Å²) in [4.78, 5) is 3.66. The summed E-state index contributed by atoms with van der Waals surface area (Å²) >= 11 is 5.25. The highest BCUT2D eigenvalue weighted by molar-refractivity contribution is 9.11. The minimum Gasteiger partial charge on any atom is -0.380 e. The van der Waals surface area contributed by atoms with Crippen molar-refractivity contribution < 1.29 is 4.74 Å². The second-order valence-corrected chi connectivity index (χ2v) is 5.69. The van der Waals surface area contributed by atoms with E-state index < -0.39 is 0 Å². The van der Waals surface area contributed by atoms with E-state index in [1.165, 1.54) is 8.66 Å². The summed E-state index contributed by atoms with van der Waals surface area (Å²) in [5, 5.41) is 0. The van der Waals surface area contributed by atoms with E-state index >= 15 is 0 Å². The van der Waals surface area contributed by atoms with Gasteiger partial charge in [0.2, 0.25) is 0 Å². The summed E-state index contributed by atoms with van der Waals surface area (Å²) in [6.07, 6.45) is 0. The highest BCUT2D eigenvalue weighted by Crippen LogP contribution is 2.22. The largest absolute Gasteiger partial charge is 0.380 e. The monoisotopic (exact) mass is 277 g/mol. The maximum Gasteiger partial charge on any atom is 0.0701 e. The van der Waals surface area contributed by atoms with Gasteiger partial charge in [0.15, 0.2) is 0 Å². The molecule has 0 aromatic carbocycles. The van der Waals surface area contributed by atoms with E-state index in [-0.39, 0.29) is 0 Å². The van der Waals surface area contributed by atoms with E-state index in [0.29, 0.717) is 0 Å². The Bertz CT molecular complexity index is 264. The zero-order valence-corrected chi connectivity index (χ0v) is 11.0. The summed E-state index contributed by atoms with van der Waals surface area (Å²) in [5.74, 6) is 0. The summed E-state index contributed by atoms with van der Waals surface area (Å²) in [6, 6.07) is 4.25. The maximum atomic E-state index is 5.30. The molecule has 1 aromatic rings. The van der Waals surface area contributed by atoms with Crippen LogP contribution in [0.15, 0.2) is 15.9 Å². The van der Waals surface area contributed by atoms with Gasteiger partial charge in [0.25, 0.3) is 0 Å². The Morgan fingerprint density at radius 2 is 2.29 bits per heavy atom. The van der Waals surface area contributed by atoms with Gasteiger partial charge in [-0.2, -0.15) is 0 Å². The molecule has 0 saturated carbocycles. The molecule has 2 nitrogen and oxygen atoms in total. The molecule has 4 heteroatoms. The molecule has 0 radical (unpaired) electrons. The van der Waals surface area contributed by atoms with Gasteiger partial charge in [-0.05, 0) is 42.0 Å². The predicted octanol–water partition coefficient (Wildman–Crippen LogP) is 2.98. The first-order chi connectivity index (χ1) is 6.72. The molecule has 1 heterocycles. The van der Waals surface area contributed by atoms with Crippen LogP contribution in [0.1, 0.15) is 11.8 Å². The van der Waals surface area contributed by atoms with Crippen LogP contribution in [0.5, 0.6) is 0 Å². The van der Waals surface area contributed by atoms with Crippen molar-refractivity contribution in [2.45, 2.75) is 13.5 Å². The van der Waals surface area contributed by atoms with E-state index in [9.17, 15) is 0 Å². The molecule has 0 aliphatic carbocycles. The van der Waals surface area contributed by atoms with Crippen molar-refractivity contribution in [3.8, 4) is 0 Å². The molecule has 0 atom stereocenters. The first-order valence-electron chi connectivity index (χ1n) is 4.73. The minimum absolute atomic E-state index is 0.804. The van der Waals surface area contributed by atoms with Crippen molar-refractivity contribution in [1.82, 2.24) is 4.90 Å². The Morgan fingerprint density at radius 3 is 2.86 bits per heavy atom. The maximum absolute atomic E-state index is 5.30. The fourth-order valence-corrected chi connectivity index (χ4v) is 2.71. The van der Waals surface area contributed by atoms with Crippen molar-refractivity contribution in [2.75, 3.05) is 26.8 Å². The Balaban J connectivity index is 2.23. The van der Waals surface area contributed by atoms with Gasteiger partial charge in [-0.3, -0.25) is 4.90 Å². The summed E-state index contributed by atoms with van der Waals surface area (Å²) < 4.78 is 6.50. The van der Waals surface area contributed by atoms with Crippen LogP contribution >= 0.6 is 27.3 Å². The van der Waals surface area contributed by atoms with Crippen molar-refractivity contribution >= 4 is 27.3 Å². The second-order valence-electron chi connectivity index (χ2n) is 3.14. The van der Waals surface area contributed by atoms with Gasteiger partial charge in [-0.15, -0.1) is 11.3 Å². The lowest BCUT2D eigenvalue weighted by molar-refractivity contribution is 0.120. The Hall–Kier alpha value is 0.1000. The van der Waals surface area contributed by atoms with Gasteiger partial charge in [0, 0.05) is 24.6 Å². The average molecular weight is 278 g/mol. The lowest BCUT2D eigenvalue weighted by atomic mass is 10.4. The van der Waals surface area contributed by atoms with Crippen LogP contribution in [-0.2, 0) is 11.3 Å². The lowest BCUT2D eigenvalue weighted by Crippen LogP contribution is -2.22. The fraction of sp³-hybridized carbons (Fsp3) is 0.600. The van der Waals surface area contributed by atoms with Crippen molar-refractivity contribution in [3.63, 3.8) is 0 Å². The van der Waals surface area contributed by atoms with E-state index in [1.807, 2.05) is 6.92 Å². The lowest BCUT2D eigenvalue weighted by Gasteiger charge is -2.14. The van der Waals surface area contributed by atoms with Crippen LogP contribution in [0.25, 0.3) is 0 Å². The van der Waals surface area contributed by atoms with Crippen LogP contribution in [0.2, 0.25) is 0 Å². The summed E-state index contributed by atoms with van der Waals surface area (Å²) in [7, 11) is 2.12. The summed E-state index contributed by atoms with van der Waals surface area (Å²) in [6.45, 7) is 5.64. The molecule has 1 aromatic heterocycles. The number of ether oxygens (including phenoxy) is 1. The average Bonchev–Trinajstić information content (AvgIpc) is 2.52. The first-order valence-corrected chi connectivity index (χ1v) is 6.34. The van der Waals surface area contributed by atoms with E-state index in [0.717, 1.165) is 26.3 Å². The Kier molecular flexibility index (Phi) is 5.70. The van der Waals surface area contributed by atoms with Crippen LogP contribution in [0.4, 0.5) is 0 Å². The second kappa shape index (κ2) is 6.56. The van der Waals surface area contributed by atoms with Crippen LogP contribution in [-0.4, -0.2) is 31.7 Å². The van der Waals surface area contributed by atoms with Crippen molar-refractivity contribution in [1.29, 1.82) is 0 Å². The highest BCUT2D eigenvalue weighted by Gasteiger charge is 2.02. The molecule has 0 amide bonds. The zero-order valence-electron chi connectivity index (χ0n) is 8.62. The van der Waals surface area contributed by atoms with E-state index in [4.69, 9.17) is 4.74 Å². The van der Waals surface area contributed by atoms with Gasteiger partial charge in [0.05, 0.1) is 10.4 Å². The number of halogens is 1. The molecule has 0 N–H and O–H groups in total. The van der Waals surface area contributed by atoms with Crippen molar-refractivity contribution in [3.05, 3.63) is 20.8 Å². The van der Waals surface area contributed by atoms with Gasteiger partial charge < -0.3 is 4.74 Å². The van der Waals surface area contributed by atoms with Crippen LogP contribution < -0.4 is 0 Å². The van der Waals surface area contributed by atoms with E-state index in [1.54, 1.807) is 11.3 Å². The smallest absolute Gasteiger partial charge is 0.0701 e. The molecule has 14 heavy (non-hydrogen) atoms. The van der Waals surface area contributed by atoms with Gasteiger partial charge in [0.1, 0.15) is 0 Å². The molecular weight excluding hydrogens is 262 g/mol. The predicted molar refractivity (Wildman–Crippen MR) is 64.8 cm³/mol. The molecule has 0 aliphatic heterocycles. The van der Waals surface area contributed by atoms with Gasteiger partial charge in [-0.25, -0.2) is 0 Å². The molecule has 1 rings (SSSR count). The highest BCUT2D eigenvalue weighted by atomic mass is 79.9. The topological polar surface area (TPSA) is 12.5 Å². The molecule has 0 fully saturated rings. The Morgan fingerprint density at radius 1 is 1.50 bits per heavy atom. The molecule has 80 valence electrons. The number of hydrogen-bond acceptors (Lipinski definition) is 3. The third-order valence-electron chi connectivity index (χ3n) is 1.88. The van der Waals surface area contributed by atoms with E-state index in [2.05, 4.69) is 40.0 Å². The fourth-order valence-electron chi connectivity index (χ4n) is 1.15. The number of rotatable bonds is 6. The molecule has 0 aliphatic rings. The number of nitrogens with zero attached hydrogens (tertiary/aromatic N) is 1. The molecule has 0 bridgehead atoms. The molecule has 0 saturated heterocycles. The van der Waals surface area contributed by atoms with Crippen molar-refractivity contribution in [2.24, 2.45) is 0 Å². The SMILES string of the molecule is CCOCCN(C)Cc1ccc(Br)s1. The van der Waals surface area contributed by atoms with Gasteiger partial charge in [-0.1, -0.05) is 0 Å². The van der Waals surface area contributed by atoms with Crippen LogP contribution in [0, 0.1) is 0 Å². The molecular formula is C10H16BrNOS. The quantitative estimate of drug-likeness (QED) is 0.742. The third-order valence-corrected chi connectivity index (χ3v) is 3.48. The zero-order chi connectivity index (χ0) is 10.4. The first kappa shape index (κ1) is 12.2. The number of likely N-dealkylation sites (N-methyl/N-ethyl adjacent to an activating group) is 1. The number of thiophene rings is 1. The van der Waals surface area contributed by atoms with Crippen LogP contribution in [0.3, 0.4) is 0 Å². The normalized spacial score (nSPS) is 11.1. The summed E-state index contributed by atoms with van der Waals surface area (Å²) in [5.41, 5.74) is 0. The minimum atomic E-state index is 0.804.